The number of rotatable bonds is 4. The highest BCUT2D eigenvalue weighted by Crippen LogP contribution is 2.32. The Labute approximate surface area is 169 Å². The van der Waals surface area contributed by atoms with E-state index in [2.05, 4.69) is 24.6 Å². The number of anilines is 1. The van der Waals surface area contributed by atoms with Crippen molar-refractivity contribution in [2.24, 2.45) is 0 Å². The number of halogens is 3. The molecule has 1 aromatic carbocycles. The second-order valence-corrected chi connectivity index (χ2v) is 6.93. The van der Waals surface area contributed by atoms with Crippen LogP contribution in [0, 0.1) is 0 Å². The van der Waals surface area contributed by atoms with Crippen molar-refractivity contribution in [3.63, 3.8) is 0 Å². The first-order valence-corrected chi connectivity index (χ1v) is 9.18. The minimum atomic E-state index is -4.78. The van der Waals surface area contributed by atoms with E-state index < -0.39 is 6.36 Å². The molecule has 30 heavy (non-hydrogen) atoms. The average Bonchev–Trinajstić information content (AvgIpc) is 2.68. The third-order valence-corrected chi connectivity index (χ3v) is 4.79. The van der Waals surface area contributed by atoms with Crippen molar-refractivity contribution >= 4 is 5.95 Å². The summed E-state index contributed by atoms with van der Waals surface area (Å²) in [7, 11) is 0. The van der Waals surface area contributed by atoms with Gasteiger partial charge in [0.15, 0.2) is 0 Å². The Morgan fingerprint density at radius 1 is 1.20 bits per heavy atom. The van der Waals surface area contributed by atoms with Crippen LogP contribution in [0.25, 0.3) is 11.3 Å². The zero-order valence-corrected chi connectivity index (χ0v) is 15.7. The molecular formula is C20H18F3N5O2. The quantitative estimate of drug-likeness (QED) is 0.678. The number of fused-ring (bicyclic) bond motifs is 1. The highest BCUT2D eigenvalue weighted by Gasteiger charge is 2.32. The van der Waals surface area contributed by atoms with Gasteiger partial charge in [0.1, 0.15) is 5.75 Å². The van der Waals surface area contributed by atoms with Crippen LogP contribution in [0.2, 0.25) is 0 Å². The molecule has 4 rings (SSSR count). The molecule has 0 radical (unpaired) electrons. The molecule has 156 valence electrons. The van der Waals surface area contributed by atoms with Crippen molar-refractivity contribution in [1.29, 1.82) is 0 Å². The molecule has 3 aromatic rings. The minimum Gasteiger partial charge on any atom is -0.405 e. The number of nitrogens with zero attached hydrogens (tertiary/aromatic N) is 3. The molecule has 0 spiro atoms. The number of benzene rings is 1. The van der Waals surface area contributed by atoms with Crippen molar-refractivity contribution in [2.45, 2.75) is 25.9 Å². The highest BCUT2D eigenvalue weighted by molar-refractivity contribution is 5.67. The third kappa shape index (κ3) is 4.43. The normalized spacial score (nSPS) is 14.4. The molecule has 0 unspecified atom stereocenters. The van der Waals surface area contributed by atoms with E-state index in [0.717, 1.165) is 5.56 Å². The third-order valence-electron chi connectivity index (χ3n) is 4.79. The minimum absolute atomic E-state index is 0.113. The van der Waals surface area contributed by atoms with Gasteiger partial charge in [-0.25, -0.2) is 4.98 Å². The lowest BCUT2D eigenvalue weighted by molar-refractivity contribution is -0.274. The van der Waals surface area contributed by atoms with Gasteiger partial charge in [-0.05, 0) is 23.8 Å². The standard InChI is InChI=1S/C20H18F3N5O2/c21-20(22,23)30-17-4-2-1-3-13(17)15-6-5-12(9-25-15)10-28-8-7-16-14(11-28)18(29)27-19(24)26-16/h1-6,9H,7-8,10-11H2,(H3,24,26,27,29). The topological polar surface area (TPSA) is 97.1 Å². The Hall–Kier alpha value is -3.40. The molecule has 0 amide bonds. The number of nitrogens with two attached hydrogens (primary N) is 1. The summed E-state index contributed by atoms with van der Waals surface area (Å²) in [5.41, 5.74) is 8.15. The van der Waals surface area contributed by atoms with Gasteiger partial charge in [-0.1, -0.05) is 18.2 Å². The number of hydrogen-bond donors (Lipinski definition) is 2. The molecule has 0 saturated heterocycles. The second kappa shape index (κ2) is 7.79. The first-order valence-electron chi connectivity index (χ1n) is 9.18. The predicted molar refractivity (Wildman–Crippen MR) is 103 cm³/mol. The maximum Gasteiger partial charge on any atom is 0.573 e. The number of ether oxygens (including phenoxy) is 1. The summed E-state index contributed by atoms with van der Waals surface area (Å²) in [5, 5.41) is 0. The Balaban J connectivity index is 1.50. The fourth-order valence-electron chi connectivity index (χ4n) is 3.46. The Morgan fingerprint density at radius 3 is 2.73 bits per heavy atom. The van der Waals surface area contributed by atoms with Gasteiger partial charge in [0.25, 0.3) is 5.56 Å². The summed E-state index contributed by atoms with van der Waals surface area (Å²) >= 11 is 0. The van der Waals surface area contributed by atoms with Gasteiger partial charge in [0.05, 0.1) is 17.0 Å². The maximum atomic E-state index is 12.6. The Kier molecular flexibility index (Phi) is 5.17. The van der Waals surface area contributed by atoms with E-state index in [4.69, 9.17) is 5.73 Å². The first kappa shape index (κ1) is 19.9. The van der Waals surface area contributed by atoms with E-state index in [9.17, 15) is 18.0 Å². The van der Waals surface area contributed by atoms with Crippen LogP contribution in [-0.4, -0.2) is 32.8 Å². The van der Waals surface area contributed by atoms with Gasteiger partial charge in [0, 0.05) is 37.8 Å². The lowest BCUT2D eigenvalue weighted by atomic mass is 10.1. The highest BCUT2D eigenvalue weighted by atomic mass is 19.4. The molecule has 0 saturated carbocycles. The number of aromatic amines is 1. The smallest absolute Gasteiger partial charge is 0.405 e. The predicted octanol–water partition coefficient (Wildman–Crippen LogP) is 2.87. The number of para-hydroxylation sites is 1. The van der Waals surface area contributed by atoms with Crippen LogP contribution in [0.3, 0.4) is 0 Å². The number of pyridine rings is 1. The van der Waals surface area contributed by atoms with Gasteiger partial charge in [0.2, 0.25) is 5.95 Å². The molecule has 10 heteroatoms. The molecule has 2 aromatic heterocycles. The van der Waals surface area contributed by atoms with E-state index in [0.29, 0.717) is 43.0 Å². The monoisotopic (exact) mass is 417 g/mol. The first-order chi connectivity index (χ1) is 14.3. The molecule has 0 atom stereocenters. The van der Waals surface area contributed by atoms with Crippen LogP contribution in [0.1, 0.15) is 16.8 Å². The molecule has 0 aliphatic carbocycles. The van der Waals surface area contributed by atoms with E-state index in [1.54, 1.807) is 24.4 Å². The van der Waals surface area contributed by atoms with Gasteiger partial charge < -0.3 is 10.5 Å². The van der Waals surface area contributed by atoms with E-state index in [-0.39, 0.29) is 22.8 Å². The van der Waals surface area contributed by atoms with Crippen molar-refractivity contribution in [1.82, 2.24) is 19.9 Å². The lowest BCUT2D eigenvalue weighted by Gasteiger charge is -2.27. The number of nitrogen functional groups attached to an aromatic ring is 1. The second-order valence-electron chi connectivity index (χ2n) is 6.93. The van der Waals surface area contributed by atoms with Crippen LogP contribution < -0.4 is 16.0 Å². The number of aromatic nitrogens is 3. The fourth-order valence-corrected chi connectivity index (χ4v) is 3.46. The van der Waals surface area contributed by atoms with Crippen molar-refractivity contribution in [3.8, 4) is 17.0 Å². The number of hydrogen-bond acceptors (Lipinski definition) is 6. The largest absolute Gasteiger partial charge is 0.573 e. The molecule has 1 aliphatic rings. The van der Waals surface area contributed by atoms with E-state index >= 15 is 0 Å². The van der Waals surface area contributed by atoms with Gasteiger partial charge in [-0.2, -0.15) is 0 Å². The summed E-state index contributed by atoms with van der Waals surface area (Å²) in [5.74, 6) is -0.189. The summed E-state index contributed by atoms with van der Waals surface area (Å²) in [6.45, 7) is 1.67. The summed E-state index contributed by atoms with van der Waals surface area (Å²) < 4.78 is 42.0. The van der Waals surface area contributed by atoms with Crippen molar-refractivity contribution in [3.05, 3.63) is 69.8 Å². The Morgan fingerprint density at radius 2 is 2.00 bits per heavy atom. The van der Waals surface area contributed by atoms with Crippen molar-refractivity contribution < 1.29 is 17.9 Å². The number of nitrogens with one attached hydrogen (secondary N) is 1. The van der Waals surface area contributed by atoms with Crippen LogP contribution in [0.4, 0.5) is 19.1 Å². The van der Waals surface area contributed by atoms with Gasteiger partial charge in [-0.15, -0.1) is 13.2 Å². The summed E-state index contributed by atoms with van der Waals surface area (Å²) in [6, 6.07) is 9.32. The molecule has 0 bridgehead atoms. The van der Waals surface area contributed by atoms with Gasteiger partial charge in [-0.3, -0.25) is 19.7 Å². The van der Waals surface area contributed by atoms with Crippen LogP contribution in [0.15, 0.2) is 47.4 Å². The zero-order chi connectivity index (χ0) is 21.3. The molecule has 0 fully saturated rings. The molecule has 3 N–H and O–H groups in total. The molecule has 1 aliphatic heterocycles. The number of alkyl halides is 3. The molecular weight excluding hydrogens is 399 g/mol. The summed E-state index contributed by atoms with van der Waals surface area (Å²) in [6.07, 6.45) is -2.56. The van der Waals surface area contributed by atoms with Crippen LogP contribution >= 0.6 is 0 Å². The Bertz CT molecular complexity index is 1110. The SMILES string of the molecule is Nc1nc2c(c(=O)[nH]1)CN(Cc1ccc(-c3ccccc3OC(F)(F)F)nc1)CC2. The maximum absolute atomic E-state index is 12.6. The van der Waals surface area contributed by atoms with Crippen LogP contribution in [0.5, 0.6) is 5.75 Å². The lowest BCUT2D eigenvalue weighted by Crippen LogP contribution is -2.35. The van der Waals surface area contributed by atoms with E-state index in [1.807, 2.05) is 0 Å². The molecule has 3 heterocycles. The number of H-pyrrole nitrogens is 1. The van der Waals surface area contributed by atoms with E-state index in [1.165, 1.54) is 18.2 Å². The summed E-state index contributed by atoms with van der Waals surface area (Å²) in [4.78, 5) is 25.2. The molecule has 7 nitrogen and oxygen atoms in total. The van der Waals surface area contributed by atoms with Crippen molar-refractivity contribution in [2.75, 3.05) is 12.3 Å². The fraction of sp³-hybridized carbons (Fsp3) is 0.250. The average molecular weight is 417 g/mol. The zero-order valence-electron chi connectivity index (χ0n) is 15.7. The van der Waals surface area contributed by atoms with Crippen LogP contribution in [-0.2, 0) is 19.5 Å². The van der Waals surface area contributed by atoms with Gasteiger partial charge >= 0.3 is 6.36 Å².